The predicted molar refractivity (Wildman–Crippen MR) is 242 cm³/mol. The third kappa shape index (κ3) is 4.48. The van der Waals surface area contributed by atoms with Crippen molar-refractivity contribution >= 4 is 77.6 Å². The zero-order chi connectivity index (χ0) is 39.3. The van der Waals surface area contributed by atoms with Gasteiger partial charge in [0.1, 0.15) is 5.52 Å². The van der Waals surface area contributed by atoms with Crippen LogP contribution in [0.5, 0.6) is 0 Å². The van der Waals surface area contributed by atoms with Crippen molar-refractivity contribution in [3.63, 3.8) is 0 Å². The minimum Gasteiger partial charge on any atom is -0.306 e. The molecule has 9 heteroatoms. The highest BCUT2D eigenvalue weighted by Gasteiger charge is 2.25. The highest BCUT2D eigenvalue weighted by molar-refractivity contribution is 6.08. The van der Waals surface area contributed by atoms with Gasteiger partial charge in [-0.3, -0.25) is 23.1 Å². The number of para-hydroxylation sites is 7. The summed E-state index contributed by atoms with van der Waals surface area (Å²) < 4.78 is 14.0. The molecule has 0 N–H and O–H groups in total. The first-order valence-corrected chi connectivity index (χ1v) is 20.0. The molecule has 0 spiro atoms. The molecular weight excluding hydrogens is 739 g/mol. The van der Waals surface area contributed by atoms with Crippen LogP contribution in [-0.2, 0) is 0 Å². The summed E-state index contributed by atoms with van der Waals surface area (Å²) in [6.45, 7) is 0. The van der Waals surface area contributed by atoms with Gasteiger partial charge in [-0.2, -0.15) is 0 Å². The van der Waals surface area contributed by atoms with E-state index in [2.05, 4.69) is 203 Å². The van der Waals surface area contributed by atoms with E-state index in [1.54, 1.807) is 0 Å². The lowest BCUT2D eigenvalue weighted by Crippen LogP contribution is -2.15. The average molecular weight is 772 g/mol. The van der Waals surface area contributed by atoms with Gasteiger partial charge in [-0.25, -0.2) is 9.97 Å². The summed E-state index contributed by atoms with van der Waals surface area (Å²) in [5.41, 5.74) is 17.6. The van der Waals surface area contributed by atoms with E-state index in [-0.39, 0.29) is 0 Å². The zero-order valence-electron chi connectivity index (χ0n) is 32.1. The second kappa shape index (κ2) is 12.5. The molecule has 13 aromatic rings. The molecule has 0 aliphatic carbocycles. The molecule has 282 valence electrons. The Morgan fingerprint density at radius 2 is 0.733 bits per heavy atom. The Hall–Kier alpha value is -8.43. The molecule has 0 fully saturated rings. The Labute approximate surface area is 341 Å². The molecule has 0 saturated carbocycles. The predicted octanol–water partition coefficient (Wildman–Crippen LogP) is 11.6. The molecule has 60 heavy (non-hydrogen) atoms. The Morgan fingerprint density at radius 3 is 1.33 bits per heavy atom. The second-order valence-electron chi connectivity index (χ2n) is 15.0. The first-order chi connectivity index (χ1) is 29.8. The van der Waals surface area contributed by atoms with Gasteiger partial charge in [-0.1, -0.05) is 91.0 Å². The lowest BCUT2D eigenvalue weighted by atomic mass is 10.1. The van der Waals surface area contributed by atoms with Crippen molar-refractivity contribution in [3.05, 3.63) is 201 Å². The van der Waals surface area contributed by atoms with Crippen LogP contribution < -0.4 is 0 Å². The average Bonchev–Trinajstić information content (AvgIpc) is 3.32. The minimum absolute atomic E-state index is 0.796. The number of pyridine rings is 3. The van der Waals surface area contributed by atoms with E-state index in [1.807, 2.05) is 24.7 Å². The van der Waals surface area contributed by atoms with Gasteiger partial charge in [0.05, 0.1) is 61.4 Å². The molecule has 0 saturated heterocycles. The van der Waals surface area contributed by atoms with Gasteiger partial charge < -0.3 is 8.97 Å². The van der Waals surface area contributed by atoms with Crippen molar-refractivity contribution in [2.45, 2.75) is 0 Å². The van der Waals surface area contributed by atoms with Crippen LogP contribution in [0.25, 0.3) is 100 Å². The van der Waals surface area contributed by atoms with Crippen molar-refractivity contribution in [1.82, 2.24) is 42.0 Å². The van der Waals surface area contributed by atoms with Crippen LogP contribution >= 0.6 is 0 Å². The second-order valence-corrected chi connectivity index (χ2v) is 15.0. The fraction of sp³-hybridized carbons (Fsp3) is 0. The molecule has 0 atom stereocenters. The first kappa shape index (κ1) is 32.6. The Bertz CT molecular complexity index is 3610. The fourth-order valence-corrected chi connectivity index (χ4v) is 9.40. The standard InChI is InChI=1S/C51H33N9/c1-5-16-34(17-6-1)55-38-24-13-14-25-39(38)59-44-32-45-50(54-49(44)57(36-20-9-3-10-21-36)42-27-15-26-41(55)47(42)59)58(37-22-11-4-12-23-37)43-29-31-53-51-48(43)60(45)46-33-52-30-28-40(46)56(51)35-18-7-2-8-19-35/h1-33H. The van der Waals surface area contributed by atoms with Crippen molar-refractivity contribution in [2.24, 2.45) is 0 Å². The van der Waals surface area contributed by atoms with Crippen LogP contribution in [0.15, 0.2) is 201 Å². The third-order valence-electron chi connectivity index (χ3n) is 11.8. The van der Waals surface area contributed by atoms with E-state index >= 15 is 0 Å². The summed E-state index contributed by atoms with van der Waals surface area (Å²) in [4.78, 5) is 15.8. The van der Waals surface area contributed by atoms with E-state index in [1.165, 1.54) is 0 Å². The van der Waals surface area contributed by atoms with Crippen molar-refractivity contribution < 1.29 is 0 Å². The van der Waals surface area contributed by atoms with Gasteiger partial charge in [-0.05, 0) is 91.0 Å². The summed E-state index contributed by atoms with van der Waals surface area (Å²) in [6.07, 6.45) is 5.73. The molecule has 0 unspecified atom stereocenters. The monoisotopic (exact) mass is 771 g/mol. The number of fused-ring (bicyclic) bond motifs is 8. The van der Waals surface area contributed by atoms with Crippen LogP contribution in [0.2, 0.25) is 0 Å². The number of rotatable bonds is 4. The van der Waals surface area contributed by atoms with Crippen molar-refractivity contribution in [3.8, 4) is 22.7 Å². The first-order valence-electron chi connectivity index (χ1n) is 20.0. The number of aromatic nitrogens is 9. The third-order valence-corrected chi connectivity index (χ3v) is 11.8. The van der Waals surface area contributed by atoms with E-state index in [0.29, 0.717) is 0 Å². The van der Waals surface area contributed by atoms with Crippen LogP contribution in [-0.4, -0.2) is 42.0 Å². The van der Waals surface area contributed by atoms with Crippen molar-refractivity contribution in [1.29, 1.82) is 0 Å². The summed E-state index contributed by atoms with van der Waals surface area (Å²) in [5, 5.41) is 0. The van der Waals surface area contributed by atoms with Gasteiger partial charge in [-0.15, -0.1) is 0 Å². The minimum atomic E-state index is 0.796. The molecule has 9 nitrogen and oxygen atoms in total. The van der Waals surface area contributed by atoms with E-state index in [0.717, 1.165) is 100 Å². The van der Waals surface area contributed by atoms with Gasteiger partial charge >= 0.3 is 0 Å². The molecule has 7 heterocycles. The van der Waals surface area contributed by atoms with Gasteiger partial charge in [0.25, 0.3) is 0 Å². The highest BCUT2D eigenvalue weighted by atomic mass is 15.2. The number of benzene rings is 6. The summed E-state index contributed by atoms with van der Waals surface area (Å²) >= 11 is 0. The van der Waals surface area contributed by atoms with E-state index in [9.17, 15) is 0 Å². The fourth-order valence-electron chi connectivity index (χ4n) is 9.40. The molecule has 0 aliphatic rings. The number of hydrogen-bond acceptors (Lipinski definition) is 3. The van der Waals surface area contributed by atoms with Gasteiger partial charge in [0, 0.05) is 35.1 Å². The highest BCUT2D eigenvalue weighted by Crippen LogP contribution is 2.39. The molecule has 6 aromatic carbocycles. The summed E-state index contributed by atoms with van der Waals surface area (Å²) in [7, 11) is 0. The Kier molecular flexibility index (Phi) is 6.82. The number of hydrogen-bond donors (Lipinski definition) is 0. The smallest absolute Gasteiger partial charge is 0.164 e. The maximum absolute atomic E-state index is 5.87. The van der Waals surface area contributed by atoms with Crippen LogP contribution in [0.1, 0.15) is 0 Å². The summed E-state index contributed by atoms with van der Waals surface area (Å²) in [5.74, 6) is 0. The van der Waals surface area contributed by atoms with Gasteiger partial charge in [0.15, 0.2) is 16.9 Å². The van der Waals surface area contributed by atoms with E-state index in [4.69, 9.17) is 15.0 Å². The lowest BCUT2D eigenvalue weighted by molar-refractivity contribution is 1.03. The normalized spacial score (nSPS) is 12.0. The molecule has 13 rings (SSSR count). The zero-order valence-corrected chi connectivity index (χ0v) is 32.1. The molecular formula is C51H33N9. The Morgan fingerprint density at radius 1 is 0.300 bits per heavy atom. The maximum atomic E-state index is 5.87. The Balaban J connectivity index is 1.34. The van der Waals surface area contributed by atoms with Crippen LogP contribution in [0, 0.1) is 0 Å². The SMILES string of the molecule is c1ccc(-n2c3ccccc3n3c4cc5c(nc4n(-c4ccccc4)c4cccc2c43)n(-c2ccccc2)c2ccnc3c2n5c2cnccc2n3-c2ccccc2)cc1. The largest absolute Gasteiger partial charge is 0.306 e. The van der Waals surface area contributed by atoms with Crippen LogP contribution in [0.4, 0.5) is 0 Å². The number of nitrogens with zero attached hydrogens (tertiary/aromatic N) is 9. The molecule has 7 aromatic heterocycles. The lowest BCUT2D eigenvalue weighted by Gasteiger charge is -2.26. The topological polar surface area (TPSA) is 67.2 Å². The van der Waals surface area contributed by atoms with E-state index < -0.39 is 0 Å². The molecule has 0 amide bonds. The van der Waals surface area contributed by atoms with Crippen LogP contribution in [0.3, 0.4) is 0 Å². The molecule has 0 radical (unpaired) electrons. The van der Waals surface area contributed by atoms with Gasteiger partial charge in [0.2, 0.25) is 0 Å². The quantitative estimate of drug-likeness (QED) is 0.132. The maximum Gasteiger partial charge on any atom is 0.164 e. The summed E-state index contributed by atoms with van der Waals surface area (Å²) in [6, 6.07) is 64.0. The molecule has 0 aliphatic heterocycles. The molecule has 0 bridgehead atoms. The van der Waals surface area contributed by atoms with Crippen molar-refractivity contribution in [2.75, 3.05) is 0 Å².